The van der Waals surface area contributed by atoms with Gasteiger partial charge in [-0.2, -0.15) is 0 Å². The van der Waals surface area contributed by atoms with Crippen molar-refractivity contribution in [3.63, 3.8) is 0 Å². The lowest BCUT2D eigenvalue weighted by Gasteiger charge is -2.27. The Bertz CT molecular complexity index is 650. The molecule has 1 unspecified atom stereocenters. The van der Waals surface area contributed by atoms with Crippen LogP contribution in [0.15, 0.2) is 16.1 Å². The van der Waals surface area contributed by atoms with Gasteiger partial charge < -0.3 is 19.4 Å². The monoisotopic (exact) mass is 364 g/mol. The number of amides is 2. The maximum atomic E-state index is 12.8. The molecule has 0 bridgehead atoms. The van der Waals surface area contributed by atoms with Crippen molar-refractivity contribution in [2.45, 2.75) is 37.7 Å². The molecule has 0 aromatic heterocycles. The predicted molar refractivity (Wildman–Crippen MR) is 96.2 cm³/mol. The maximum Gasteiger partial charge on any atom is 0.410 e. The Kier molecular flexibility index (Phi) is 4.39. The summed E-state index contributed by atoms with van der Waals surface area (Å²) in [6, 6.07) is 0. The number of likely N-dealkylation sites (N-methyl/N-ethyl adjacent to an activating group) is 1. The first-order chi connectivity index (χ1) is 12.1. The van der Waals surface area contributed by atoms with E-state index in [0.29, 0.717) is 19.5 Å². The molecular formula is C17H24N4O3S. The summed E-state index contributed by atoms with van der Waals surface area (Å²) in [6.45, 7) is 3.86. The molecule has 0 radical (unpaired) electrons. The number of aliphatic imine (C=N–C) groups is 1. The highest BCUT2D eigenvalue weighted by Crippen LogP contribution is 2.34. The van der Waals surface area contributed by atoms with Crippen LogP contribution in [0, 0.1) is 0 Å². The zero-order chi connectivity index (χ0) is 17.4. The van der Waals surface area contributed by atoms with E-state index in [-0.39, 0.29) is 12.0 Å². The fourth-order valence-corrected chi connectivity index (χ4v) is 4.96. The third-order valence-electron chi connectivity index (χ3n) is 5.39. The number of thioether (sulfide) groups is 1. The van der Waals surface area contributed by atoms with Gasteiger partial charge in [0.05, 0.1) is 13.0 Å². The smallest absolute Gasteiger partial charge is 0.410 e. The van der Waals surface area contributed by atoms with Crippen molar-refractivity contribution >= 4 is 28.9 Å². The van der Waals surface area contributed by atoms with Gasteiger partial charge in [0.2, 0.25) is 5.91 Å². The minimum Gasteiger partial charge on any atom is -0.441 e. The van der Waals surface area contributed by atoms with E-state index in [1.165, 1.54) is 0 Å². The Hall–Kier alpha value is -1.70. The van der Waals surface area contributed by atoms with Crippen LogP contribution in [0.2, 0.25) is 0 Å². The first-order valence-electron chi connectivity index (χ1n) is 8.96. The average molecular weight is 364 g/mol. The predicted octanol–water partition coefficient (Wildman–Crippen LogP) is 1.86. The second kappa shape index (κ2) is 6.55. The number of amidine groups is 1. The topological polar surface area (TPSA) is 65.4 Å². The number of hydrogen-bond donors (Lipinski definition) is 0. The lowest BCUT2D eigenvalue weighted by molar-refractivity contribution is -0.130. The molecule has 0 N–H and O–H groups in total. The van der Waals surface area contributed by atoms with E-state index in [4.69, 9.17) is 4.74 Å². The van der Waals surface area contributed by atoms with Crippen LogP contribution in [0.3, 0.4) is 0 Å². The second-order valence-electron chi connectivity index (χ2n) is 7.21. The van der Waals surface area contributed by atoms with E-state index in [1.807, 2.05) is 4.90 Å². The quantitative estimate of drug-likeness (QED) is 0.748. The van der Waals surface area contributed by atoms with E-state index in [0.717, 1.165) is 56.2 Å². The molecular weight excluding hydrogens is 340 g/mol. The van der Waals surface area contributed by atoms with Crippen molar-refractivity contribution in [2.24, 2.45) is 4.99 Å². The molecule has 2 amide bonds. The molecule has 1 spiro atoms. The van der Waals surface area contributed by atoms with E-state index in [9.17, 15) is 9.59 Å². The van der Waals surface area contributed by atoms with Crippen LogP contribution in [-0.4, -0.2) is 77.2 Å². The van der Waals surface area contributed by atoms with Crippen LogP contribution in [0.5, 0.6) is 0 Å². The number of fused-ring (bicyclic) bond motifs is 1. The molecule has 4 heterocycles. The highest BCUT2D eigenvalue weighted by Gasteiger charge is 2.44. The minimum absolute atomic E-state index is 0.161. The van der Waals surface area contributed by atoms with Gasteiger partial charge in [-0.3, -0.25) is 9.79 Å². The molecule has 25 heavy (non-hydrogen) atoms. The summed E-state index contributed by atoms with van der Waals surface area (Å²) in [6.07, 6.45) is 3.65. The first kappa shape index (κ1) is 16.8. The average Bonchev–Trinajstić information content (AvgIpc) is 3.04. The highest BCUT2D eigenvalue weighted by molar-refractivity contribution is 8.16. The van der Waals surface area contributed by atoms with Crippen molar-refractivity contribution in [1.29, 1.82) is 0 Å². The second-order valence-corrected chi connectivity index (χ2v) is 8.05. The standard InChI is InChI=1S/C17H24N4O3S/c1-19-12-17(24-16(19)23)4-2-7-20(9-5-17)14(22)10-13-11-25-15-18-6-3-8-21(13)15/h11H,2-10,12H2,1H3. The SMILES string of the molecule is CN1CC2(CCCN(C(=O)CC3=CSC4=NCCCN34)CC2)OC1=O. The Balaban J connectivity index is 1.36. The van der Waals surface area contributed by atoms with Crippen LogP contribution < -0.4 is 0 Å². The van der Waals surface area contributed by atoms with Gasteiger partial charge in [0.15, 0.2) is 5.17 Å². The summed E-state index contributed by atoms with van der Waals surface area (Å²) >= 11 is 1.62. The number of carbonyl (C=O) groups excluding carboxylic acids is 2. The van der Waals surface area contributed by atoms with Crippen LogP contribution in [-0.2, 0) is 9.53 Å². The summed E-state index contributed by atoms with van der Waals surface area (Å²) in [4.78, 5) is 34.8. The van der Waals surface area contributed by atoms with Crippen LogP contribution in [0.25, 0.3) is 0 Å². The van der Waals surface area contributed by atoms with Gasteiger partial charge in [0, 0.05) is 45.3 Å². The van der Waals surface area contributed by atoms with Crippen molar-refractivity contribution in [2.75, 3.05) is 39.8 Å². The van der Waals surface area contributed by atoms with E-state index >= 15 is 0 Å². The van der Waals surface area contributed by atoms with Crippen molar-refractivity contribution < 1.29 is 14.3 Å². The van der Waals surface area contributed by atoms with Gasteiger partial charge in [0.25, 0.3) is 0 Å². The van der Waals surface area contributed by atoms with E-state index in [2.05, 4.69) is 15.3 Å². The lowest BCUT2D eigenvalue weighted by Crippen LogP contribution is -2.38. The zero-order valence-corrected chi connectivity index (χ0v) is 15.4. The molecule has 2 saturated heterocycles. The fourth-order valence-electron chi connectivity index (χ4n) is 4.01. The molecule has 8 heteroatoms. The third kappa shape index (κ3) is 3.23. The van der Waals surface area contributed by atoms with Crippen LogP contribution in [0.1, 0.15) is 32.1 Å². The number of rotatable bonds is 2. The normalized spacial score (nSPS) is 29.3. The number of likely N-dealkylation sites (tertiary alicyclic amines) is 1. The molecule has 7 nitrogen and oxygen atoms in total. The van der Waals surface area contributed by atoms with E-state index < -0.39 is 5.60 Å². The number of hydrogen-bond acceptors (Lipinski definition) is 6. The third-order valence-corrected chi connectivity index (χ3v) is 6.34. The number of carbonyl (C=O) groups is 2. The van der Waals surface area contributed by atoms with Crippen LogP contribution in [0.4, 0.5) is 4.79 Å². The Labute approximate surface area is 152 Å². The van der Waals surface area contributed by atoms with Gasteiger partial charge in [-0.25, -0.2) is 4.79 Å². The molecule has 0 aromatic carbocycles. The molecule has 0 aromatic rings. The summed E-state index contributed by atoms with van der Waals surface area (Å²) in [5.41, 5.74) is 0.662. The molecule has 1 atom stereocenters. The van der Waals surface area contributed by atoms with Gasteiger partial charge >= 0.3 is 6.09 Å². The molecule has 4 aliphatic heterocycles. The van der Waals surface area contributed by atoms with Crippen molar-refractivity contribution in [1.82, 2.24) is 14.7 Å². The van der Waals surface area contributed by atoms with Crippen LogP contribution >= 0.6 is 11.8 Å². The maximum absolute atomic E-state index is 12.8. The molecule has 4 aliphatic rings. The van der Waals surface area contributed by atoms with Crippen molar-refractivity contribution in [3.8, 4) is 0 Å². The molecule has 2 fully saturated rings. The summed E-state index contributed by atoms with van der Waals surface area (Å²) in [5, 5.41) is 3.10. The zero-order valence-electron chi connectivity index (χ0n) is 14.6. The first-order valence-corrected chi connectivity index (χ1v) is 9.84. The minimum atomic E-state index is -0.407. The fraction of sp³-hybridized carbons (Fsp3) is 0.706. The highest BCUT2D eigenvalue weighted by atomic mass is 32.2. The van der Waals surface area contributed by atoms with Gasteiger partial charge in [0.1, 0.15) is 5.60 Å². The summed E-state index contributed by atoms with van der Waals surface area (Å²) < 4.78 is 5.62. The number of nitrogens with zero attached hydrogens (tertiary/aromatic N) is 4. The van der Waals surface area contributed by atoms with Gasteiger partial charge in [-0.05, 0) is 24.7 Å². The Morgan fingerprint density at radius 2 is 2.20 bits per heavy atom. The van der Waals surface area contributed by atoms with E-state index in [1.54, 1.807) is 23.7 Å². The molecule has 136 valence electrons. The van der Waals surface area contributed by atoms with Crippen molar-refractivity contribution in [3.05, 3.63) is 11.1 Å². The summed E-state index contributed by atoms with van der Waals surface area (Å²) in [5.74, 6) is 0.161. The Morgan fingerprint density at radius 1 is 1.32 bits per heavy atom. The molecule has 4 rings (SSSR count). The largest absolute Gasteiger partial charge is 0.441 e. The summed E-state index contributed by atoms with van der Waals surface area (Å²) in [7, 11) is 1.77. The molecule has 0 aliphatic carbocycles. The van der Waals surface area contributed by atoms with Gasteiger partial charge in [-0.15, -0.1) is 0 Å². The number of ether oxygens (including phenoxy) is 1. The Morgan fingerprint density at radius 3 is 3.00 bits per heavy atom. The molecule has 0 saturated carbocycles. The lowest BCUT2D eigenvalue weighted by atomic mass is 9.95. The van der Waals surface area contributed by atoms with Gasteiger partial charge in [-0.1, -0.05) is 11.8 Å².